The Morgan fingerprint density at radius 3 is 2.75 bits per heavy atom. The van der Waals surface area contributed by atoms with Crippen LogP contribution in [0.2, 0.25) is 0 Å². The molecule has 4 nitrogen and oxygen atoms in total. The summed E-state index contributed by atoms with van der Waals surface area (Å²) >= 11 is 5.12. The number of aryl methyl sites for hydroxylation is 1. The van der Waals surface area contributed by atoms with Gasteiger partial charge < -0.3 is 10.6 Å². The van der Waals surface area contributed by atoms with Crippen molar-refractivity contribution in [3.05, 3.63) is 23.8 Å². The van der Waals surface area contributed by atoms with E-state index in [0.29, 0.717) is 11.7 Å². The van der Waals surface area contributed by atoms with E-state index in [-0.39, 0.29) is 0 Å². The van der Waals surface area contributed by atoms with Gasteiger partial charge in [-0.1, -0.05) is 13.3 Å². The highest BCUT2D eigenvalue weighted by atomic mass is 32.1. The molecule has 0 aliphatic rings. The smallest absolute Gasteiger partial charge is 0.166 e. The SMILES string of the molecule is CCCCNC(=S)NCc1cnc(C)cn1. The van der Waals surface area contributed by atoms with E-state index < -0.39 is 0 Å². The maximum absolute atomic E-state index is 5.12. The molecule has 0 saturated heterocycles. The molecule has 88 valence electrons. The predicted octanol–water partition coefficient (Wildman–Crippen LogP) is 1.55. The fourth-order valence-corrected chi connectivity index (χ4v) is 1.30. The summed E-state index contributed by atoms with van der Waals surface area (Å²) in [5, 5.41) is 6.91. The molecule has 0 radical (unpaired) electrons. The molecule has 5 heteroatoms. The Labute approximate surface area is 102 Å². The van der Waals surface area contributed by atoms with Crippen molar-refractivity contribution in [2.24, 2.45) is 0 Å². The summed E-state index contributed by atoms with van der Waals surface area (Å²) < 4.78 is 0. The lowest BCUT2D eigenvalue weighted by Gasteiger charge is -2.09. The lowest BCUT2D eigenvalue weighted by atomic mass is 10.3. The molecule has 0 spiro atoms. The van der Waals surface area contributed by atoms with Crippen LogP contribution in [0.3, 0.4) is 0 Å². The average Bonchev–Trinajstić information content (AvgIpc) is 2.29. The number of nitrogens with zero attached hydrogens (tertiary/aromatic N) is 2. The van der Waals surface area contributed by atoms with E-state index in [4.69, 9.17) is 12.2 Å². The van der Waals surface area contributed by atoms with Crippen LogP contribution in [0.15, 0.2) is 12.4 Å². The zero-order valence-corrected chi connectivity index (χ0v) is 10.6. The van der Waals surface area contributed by atoms with Gasteiger partial charge >= 0.3 is 0 Å². The van der Waals surface area contributed by atoms with Crippen molar-refractivity contribution in [3.63, 3.8) is 0 Å². The third-order valence-corrected chi connectivity index (χ3v) is 2.37. The lowest BCUT2D eigenvalue weighted by molar-refractivity contribution is 0.735. The van der Waals surface area contributed by atoms with Crippen LogP contribution in [0.1, 0.15) is 31.2 Å². The molecule has 0 amide bonds. The van der Waals surface area contributed by atoms with E-state index in [2.05, 4.69) is 27.5 Å². The second-order valence-corrected chi connectivity index (χ2v) is 4.02. The summed E-state index contributed by atoms with van der Waals surface area (Å²) in [5.74, 6) is 0. The van der Waals surface area contributed by atoms with Crippen LogP contribution in [0.5, 0.6) is 0 Å². The van der Waals surface area contributed by atoms with Crippen LogP contribution in [-0.2, 0) is 6.54 Å². The maximum Gasteiger partial charge on any atom is 0.166 e. The second kappa shape index (κ2) is 7.11. The summed E-state index contributed by atoms with van der Waals surface area (Å²) in [5.41, 5.74) is 1.82. The Hall–Kier alpha value is -1.23. The molecule has 2 N–H and O–H groups in total. The number of rotatable bonds is 5. The minimum atomic E-state index is 0.616. The molecule has 0 aliphatic heterocycles. The first-order valence-corrected chi connectivity index (χ1v) is 5.92. The fraction of sp³-hybridized carbons (Fsp3) is 0.545. The van der Waals surface area contributed by atoms with Gasteiger partial charge in [0, 0.05) is 12.7 Å². The molecule has 1 aromatic heterocycles. The van der Waals surface area contributed by atoms with Gasteiger partial charge in [-0.3, -0.25) is 9.97 Å². The number of hydrogen-bond acceptors (Lipinski definition) is 3. The molecule has 1 aromatic rings. The van der Waals surface area contributed by atoms with E-state index in [1.165, 1.54) is 6.42 Å². The zero-order valence-electron chi connectivity index (χ0n) is 9.79. The first-order valence-electron chi connectivity index (χ1n) is 5.51. The van der Waals surface area contributed by atoms with Crippen molar-refractivity contribution >= 4 is 17.3 Å². The molecule has 0 unspecified atom stereocenters. The van der Waals surface area contributed by atoms with E-state index in [1.54, 1.807) is 12.4 Å². The third kappa shape index (κ3) is 5.02. The standard InChI is InChI=1S/C11H18N4S/c1-3-4-5-12-11(16)15-8-10-7-13-9(2)6-14-10/h6-7H,3-5,8H2,1-2H3,(H2,12,15,16). The van der Waals surface area contributed by atoms with Crippen molar-refractivity contribution in [1.29, 1.82) is 0 Å². The Kier molecular flexibility index (Phi) is 5.71. The Balaban J connectivity index is 2.23. The van der Waals surface area contributed by atoms with Crippen molar-refractivity contribution < 1.29 is 0 Å². The zero-order chi connectivity index (χ0) is 11.8. The summed E-state index contributed by atoms with van der Waals surface area (Å²) in [6.45, 7) is 5.61. The molecule has 1 rings (SSSR count). The van der Waals surface area contributed by atoms with E-state index in [0.717, 1.165) is 24.4 Å². The third-order valence-electron chi connectivity index (χ3n) is 2.08. The minimum Gasteiger partial charge on any atom is -0.363 e. The summed E-state index contributed by atoms with van der Waals surface area (Å²) in [6.07, 6.45) is 5.81. The molecule has 0 aliphatic carbocycles. The van der Waals surface area contributed by atoms with Crippen molar-refractivity contribution in [2.75, 3.05) is 6.54 Å². The molecule has 0 atom stereocenters. The quantitative estimate of drug-likeness (QED) is 0.602. The molecule has 16 heavy (non-hydrogen) atoms. The van der Waals surface area contributed by atoms with Crippen LogP contribution in [0, 0.1) is 6.92 Å². The number of nitrogens with one attached hydrogen (secondary N) is 2. The average molecular weight is 238 g/mol. The largest absolute Gasteiger partial charge is 0.363 e. The summed E-state index contributed by atoms with van der Waals surface area (Å²) in [7, 11) is 0. The number of thiocarbonyl (C=S) groups is 1. The first-order chi connectivity index (χ1) is 7.72. The van der Waals surface area contributed by atoms with Gasteiger partial charge in [0.1, 0.15) is 0 Å². The van der Waals surface area contributed by atoms with Gasteiger partial charge in [0.2, 0.25) is 0 Å². The van der Waals surface area contributed by atoms with E-state index in [9.17, 15) is 0 Å². The predicted molar refractivity (Wildman–Crippen MR) is 69.1 cm³/mol. The van der Waals surface area contributed by atoms with Crippen LogP contribution in [-0.4, -0.2) is 21.6 Å². The Morgan fingerprint density at radius 1 is 1.31 bits per heavy atom. The highest BCUT2D eigenvalue weighted by molar-refractivity contribution is 7.80. The monoisotopic (exact) mass is 238 g/mol. The van der Waals surface area contributed by atoms with Crippen molar-refractivity contribution in [3.8, 4) is 0 Å². The highest BCUT2D eigenvalue weighted by Crippen LogP contribution is 1.93. The molecule has 0 aromatic carbocycles. The lowest BCUT2D eigenvalue weighted by Crippen LogP contribution is -2.35. The Morgan fingerprint density at radius 2 is 2.12 bits per heavy atom. The number of aromatic nitrogens is 2. The molecule has 0 fully saturated rings. The summed E-state index contributed by atoms with van der Waals surface area (Å²) in [4.78, 5) is 8.40. The van der Waals surface area contributed by atoms with Crippen LogP contribution in [0.4, 0.5) is 0 Å². The molecular weight excluding hydrogens is 220 g/mol. The van der Waals surface area contributed by atoms with Gasteiger partial charge in [0.15, 0.2) is 5.11 Å². The topological polar surface area (TPSA) is 49.8 Å². The normalized spacial score (nSPS) is 9.88. The maximum atomic E-state index is 5.12. The van der Waals surface area contributed by atoms with Gasteiger partial charge in [-0.15, -0.1) is 0 Å². The van der Waals surface area contributed by atoms with Crippen LogP contribution < -0.4 is 10.6 Å². The van der Waals surface area contributed by atoms with Crippen molar-refractivity contribution in [2.45, 2.75) is 33.2 Å². The van der Waals surface area contributed by atoms with Gasteiger partial charge in [-0.05, 0) is 25.6 Å². The van der Waals surface area contributed by atoms with Gasteiger partial charge in [0.05, 0.1) is 24.1 Å². The number of hydrogen-bond donors (Lipinski definition) is 2. The highest BCUT2D eigenvalue weighted by Gasteiger charge is 1.97. The summed E-state index contributed by atoms with van der Waals surface area (Å²) in [6, 6.07) is 0. The fourth-order valence-electron chi connectivity index (χ4n) is 1.12. The first kappa shape index (κ1) is 12.8. The van der Waals surface area contributed by atoms with Crippen molar-refractivity contribution in [1.82, 2.24) is 20.6 Å². The molecule has 0 bridgehead atoms. The van der Waals surface area contributed by atoms with Gasteiger partial charge in [-0.2, -0.15) is 0 Å². The molecule has 1 heterocycles. The van der Waals surface area contributed by atoms with E-state index >= 15 is 0 Å². The second-order valence-electron chi connectivity index (χ2n) is 3.61. The van der Waals surface area contributed by atoms with E-state index in [1.807, 2.05) is 6.92 Å². The number of unbranched alkanes of at least 4 members (excludes halogenated alkanes) is 1. The molecular formula is C11H18N4S. The van der Waals surface area contributed by atoms with Gasteiger partial charge in [-0.25, -0.2) is 0 Å². The van der Waals surface area contributed by atoms with Gasteiger partial charge in [0.25, 0.3) is 0 Å². The van der Waals surface area contributed by atoms with Crippen LogP contribution in [0.25, 0.3) is 0 Å². The minimum absolute atomic E-state index is 0.616. The Bertz CT molecular complexity index is 323. The van der Waals surface area contributed by atoms with Crippen LogP contribution >= 0.6 is 12.2 Å². The molecule has 0 saturated carbocycles.